The van der Waals surface area contributed by atoms with Crippen LogP contribution in [-0.2, 0) is 30.6 Å². The van der Waals surface area contributed by atoms with E-state index in [1.54, 1.807) is 30.3 Å². The second kappa shape index (κ2) is 11.1. The van der Waals surface area contributed by atoms with E-state index in [0.717, 1.165) is 5.56 Å². The molecule has 0 unspecified atom stereocenters. The Bertz CT molecular complexity index is 987. The lowest BCUT2D eigenvalue weighted by molar-refractivity contribution is 0.380. The predicted molar refractivity (Wildman–Crippen MR) is 95.0 cm³/mol. The largest absolute Gasteiger partial charge is 0.412 e. The van der Waals surface area contributed by atoms with Crippen LogP contribution < -0.4 is 0 Å². The number of hydrogen-bond acceptors (Lipinski definition) is 6. The molecule has 0 fully saturated rings. The summed E-state index contributed by atoms with van der Waals surface area (Å²) in [5.74, 6) is 0. The van der Waals surface area contributed by atoms with Gasteiger partial charge in [0.15, 0.2) is 0 Å². The molecule has 0 radical (unpaired) electrons. The Balaban J connectivity index is 0. The molecule has 0 bridgehead atoms. The summed E-state index contributed by atoms with van der Waals surface area (Å²) in [7, 11) is -12.7. The van der Waals surface area contributed by atoms with Crippen molar-refractivity contribution in [3.63, 3.8) is 0 Å². The number of aryl methyl sites for hydroxylation is 1. The minimum absolute atomic E-state index is 0. The molecule has 27 heavy (non-hydrogen) atoms. The molecule has 0 aliphatic carbocycles. The van der Waals surface area contributed by atoms with E-state index in [1.807, 2.05) is 6.92 Å². The third-order valence-electron chi connectivity index (χ3n) is 2.36. The lowest BCUT2D eigenvalue weighted by Crippen LogP contribution is -1.96. The molecular formula is C13H18O11S3. The molecule has 0 aliphatic rings. The topological polar surface area (TPSA) is 215 Å². The Labute approximate surface area is 156 Å². The highest BCUT2D eigenvalue weighted by Gasteiger charge is 2.07. The summed E-state index contributed by atoms with van der Waals surface area (Å²) in [4.78, 5) is -0.141. The zero-order valence-corrected chi connectivity index (χ0v) is 16.1. The zero-order valence-electron chi connectivity index (χ0n) is 13.7. The molecule has 0 aromatic heterocycles. The van der Waals surface area contributed by atoms with Gasteiger partial charge in [-0.2, -0.15) is 25.3 Å². The van der Waals surface area contributed by atoms with Crippen LogP contribution in [0.5, 0.6) is 0 Å². The maximum Gasteiger partial charge on any atom is 0.394 e. The summed E-state index contributed by atoms with van der Waals surface area (Å²) >= 11 is 0. The second-order valence-corrected chi connectivity index (χ2v) is 8.26. The minimum atomic E-state index is -4.67. The van der Waals surface area contributed by atoms with Crippen LogP contribution in [0.1, 0.15) is 5.56 Å². The monoisotopic (exact) mass is 446 g/mol. The fourth-order valence-electron chi connectivity index (χ4n) is 1.30. The Morgan fingerprint density at radius 1 is 0.593 bits per heavy atom. The first-order chi connectivity index (χ1) is 11.6. The van der Waals surface area contributed by atoms with E-state index in [-0.39, 0.29) is 15.3 Å². The Morgan fingerprint density at radius 3 is 1.15 bits per heavy atom. The number of hydrogen-bond donors (Lipinski definition) is 4. The Kier molecular flexibility index (Phi) is 11.2. The molecule has 0 aliphatic heterocycles. The van der Waals surface area contributed by atoms with Gasteiger partial charge in [-0.25, -0.2) is 0 Å². The van der Waals surface area contributed by atoms with Crippen LogP contribution >= 0.6 is 0 Å². The molecule has 0 saturated carbocycles. The SMILES string of the molecule is Cc1ccc(S(=O)(=O)O)cc1.O.O=S(=O)(O)O.O=S(=O)(O)c1ccccc1. The maximum absolute atomic E-state index is 10.5. The molecular weight excluding hydrogens is 428 g/mol. The molecule has 6 N–H and O–H groups in total. The minimum Gasteiger partial charge on any atom is -0.412 e. The third kappa shape index (κ3) is 14.9. The molecule has 0 atom stereocenters. The van der Waals surface area contributed by atoms with Crippen LogP contribution in [0.25, 0.3) is 0 Å². The van der Waals surface area contributed by atoms with Crippen molar-refractivity contribution < 1.29 is 48.9 Å². The number of benzene rings is 2. The van der Waals surface area contributed by atoms with Crippen LogP contribution in [0.15, 0.2) is 64.4 Å². The smallest absolute Gasteiger partial charge is 0.394 e. The van der Waals surface area contributed by atoms with Crippen LogP contribution in [0, 0.1) is 6.92 Å². The van der Waals surface area contributed by atoms with Crippen molar-refractivity contribution in [3.8, 4) is 0 Å². The summed E-state index contributed by atoms with van der Waals surface area (Å²) in [5.41, 5.74) is 0.956. The molecule has 0 amide bonds. The summed E-state index contributed by atoms with van der Waals surface area (Å²) < 4.78 is 90.4. The van der Waals surface area contributed by atoms with Crippen molar-refractivity contribution in [2.75, 3.05) is 0 Å². The van der Waals surface area contributed by atoms with Gasteiger partial charge in [0, 0.05) is 0 Å². The van der Waals surface area contributed by atoms with Crippen molar-refractivity contribution in [2.45, 2.75) is 16.7 Å². The van der Waals surface area contributed by atoms with Gasteiger partial charge in [0.1, 0.15) is 0 Å². The van der Waals surface area contributed by atoms with Crippen LogP contribution in [0.2, 0.25) is 0 Å². The Hall–Kier alpha value is -1.91. The van der Waals surface area contributed by atoms with Crippen molar-refractivity contribution in [1.82, 2.24) is 0 Å². The van der Waals surface area contributed by atoms with Crippen molar-refractivity contribution >= 4 is 30.6 Å². The average molecular weight is 446 g/mol. The van der Waals surface area contributed by atoms with E-state index in [9.17, 15) is 16.8 Å². The fraction of sp³-hybridized carbons (Fsp3) is 0.0769. The van der Waals surface area contributed by atoms with Crippen LogP contribution in [0.3, 0.4) is 0 Å². The van der Waals surface area contributed by atoms with E-state index in [1.165, 1.54) is 24.3 Å². The lowest BCUT2D eigenvalue weighted by Gasteiger charge is -1.95. The summed E-state index contributed by atoms with van der Waals surface area (Å²) in [6.07, 6.45) is 0. The first-order valence-electron chi connectivity index (χ1n) is 6.37. The van der Waals surface area contributed by atoms with Crippen molar-refractivity contribution in [3.05, 3.63) is 60.2 Å². The maximum atomic E-state index is 10.5. The van der Waals surface area contributed by atoms with Gasteiger partial charge in [-0.1, -0.05) is 35.9 Å². The van der Waals surface area contributed by atoms with Gasteiger partial charge >= 0.3 is 10.4 Å². The Morgan fingerprint density at radius 2 is 0.889 bits per heavy atom. The molecule has 2 aromatic carbocycles. The van der Waals surface area contributed by atoms with E-state index in [4.69, 9.17) is 26.6 Å². The highest BCUT2D eigenvalue weighted by molar-refractivity contribution is 7.86. The van der Waals surface area contributed by atoms with Crippen LogP contribution in [0.4, 0.5) is 0 Å². The van der Waals surface area contributed by atoms with E-state index < -0.39 is 30.6 Å². The average Bonchev–Trinajstić information content (AvgIpc) is 2.46. The molecule has 11 nitrogen and oxygen atoms in total. The lowest BCUT2D eigenvalue weighted by atomic mass is 10.2. The molecule has 154 valence electrons. The van der Waals surface area contributed by atoms with Crippen molar-refractivity contribution in [2.24, 2.45) is 0 Å². The van der Waals surface area contributed by atoms with Gasteiger partial charge in [-0.05, 0) is 31.2 Å². The molecule has 14 heteroatoms. The van der Waals surface area contributed by atoms with Gasteiger partial charge in [-0.15, -0.1) is 0 Å². The highest BCUT2D eigenvalue weighted by Crippen LogP contribution is 2.08. The second-order valence-electron chi connectivity index (χ2n) is 4.52. The van der Waals surface area contributed by atoms with E-state index in [2.05, 4.69) is 0 Å². The molecule has 0 heterocycles. The van der Waals surface area contributed by atoms with Crippen molar-refractivity contribution in [1.29, 1.82) is 0 Å². The van der Waals surface area contributed by atoms with Gasteiger partial charge in [-0.3, -0.25) is 18.2 Å². The van der Waals surface area contributed by atoms with Gasteiger partial charge < -0.3 is 5.48 Å². The zero-order chi connectivity index (χ0) is 20.6. The normalized spacial score (nSPS) is 11.0. The summed E-state index contributed by atoms with van der Waals surface area (Å²) in [6.45, 7) is 1.84. The third-order valence-corrected chi connectivity index (χ3v) is 4.10. The van der Waals surface area contributed by atoms with Gasteiger partial charge in [0.05, 0.1) is 9.79 Å². The first kappa shape index (κ1) is 27.3. The highest BCUT2D eigenvalue weighted by atomic mass is 32.3. The summed E-state index contributed by atoms with van der Waals surface area (Å²) in [6, 6.07) is 13.4. The predicted octanol–water partition coefficient (Wildman–Crippen LogP) is 0.698. The first-order valence-corrected chi connectivity index (χ1v) is 10.6. The molecule has 0 spiro atoms. The molecule has 2 aromatic rings. The number of rotatable bonds is 2. The molecule has 0 saturated heterocycles. The standard InChI is InChI=1S/C7H8O3S.C6H6O3S.H2O4S.H2O/c1-6-2-4-7(5-3-6)11(8,9)10;7-10(8,9)6-4-2-1-3-5-6;1-5(2,3)4;/h2-5H,1H3,(H,8,9,10);1-5H,(H,7,8,9);(H2,1,2,3,4);1H2. The van der Waals surface area contributed by atoms with E-state index in [0.29, 0.717) is 0 Å². The van der Waals surface area contributed by atoms with Crippen LogP contribution in [-0.4, -0.2) is 48.9 Å². The quantitative estimate of drug-likeness (QED) is 0.473. The molecule has 2 rings (SSSR count). The van der Waals surface area contributed by atoms with Gasteiger partial charge in [0.25, 0.3) is 20.2 Å². The van der Waals surface area contributed by atoms with E-state index >= 15 is 0 Å². The van der Waals surface area contributed by atoms with Gasteiger partial charge in [0.2, 0.25) is 0 Å². The fourth-order valence-corrected chi connectivity index (χ4v) is 2.28. The summed E-state index contributed by atoms with van der Waals surface area (Å²) in [5, 5.41) is 0.